The van der Waals surface area contributed by atoms with Crippen molar-refractivity contribution in [2.75, 3.05) is 11.5 Å². The molecule has 0 bridgehead atoms. The summed E-state index contributed by atoms with van der Waals surface area (Å²) in [5.41, 5.74) is 0.963. The van der Waals surface area contributed by atoms with E-state index in [1.165, 1.54) is 4.90 Å². The van der Waals surface area contributed by atoms with Gasteiger partial charge in [-0.1, -0.05) is 23.2 Å². The van der Waals surface area contributed by atoms with Crippen molar-refractivity contribution in [3.63, 3.8) is 0 Å². The van der Waals surface area contributed by atoms with Gasteiger partial charge in [-0.2, -0.15) is 0 Å². The van der Waals surface area contributed by atoms with Gasteiger partial charge in [-0.15, -0.1) is 0 Å². The first kappa shape index (κ1) is 22.2. The van der Waals surface area contributed by atoms with Gasteiger partial charge in [0.25, 0.3) is 5.91 Å². The van der Waals surface area contributed by atoms with E-state index in [9.17, 15) is 4.79 Å². The Morgan fingerprint density at radius 1 is 1.03 bits per heavy atom. The molecule has 1 aliphatic rings. The molecule has 32 heavy (non-hydrogen) atoms. The highest BCUT2D eigenvalue weighted by molar-refractivity contribution is 7.80. The van der Waals surface area contributed by atoms with E-state index < -0.39 is 0 Å². The van der Waals surface area contributed by atoms with Gasteiger partial charge in [0.15, 0.2) is 5.11 Å². The third-order valence-electron chi connectivity index (χ3n) is 4.53. The van der Waals surface area contributed by atoms with Gasteiger partial charge in [0, 0.05) is 12.1 Å². The number of amides is 1. The molecule has 1 aliphatic heterocycles. The summed E-state index contributed by atoms with van der Waals surface area (Å²) in [5.74, 6) is 2.09. The fraction of sp³-hybridized carbons (Fsp3) is 0.130. The number of anilines is 1. The van der Waals surface area contributed by atoms with Crippen LogP contribution in [0.2, 0.25) is 10.0 Å². The quantitative estimate of drug-likeness (QED) is 0.333. The highest BCUT2D eigenvalue weighted by Crippen LogP contribution is 2.28. The molecule has 4 rings (SSSR count). The summed E-state index contributed by atoms with van der Waals surface area (Å²) in [4.78, 5) is 14.3. The van der Waals surface area contributed by atoms with Crippen molar-refractivity contribution < 1.29 is 18.7 Å². The molecule has 0 atom stereocenters. The first-order valence-corrected chi connectivity index (χ1v) is 10.9. The second kappa shape index (κ2) is 9.65. The van der Waals surface area contributed by atoms with E-state index in [-0.39, 0.29) is 12.5 Å². The summed E-state index contributed by atoms with van der Waals surface area (Å²) in [5, 5.41) is 4.10. The number of furan rings is 1. The number of hydrogen-bond acceptors (Lipinski definition) is 5. The van der Waals surface area contributed by atoms with Gasteiger partial charge in [0.2, 0.25) is 0 Å². The zero-order valence-corrected chi connectivity index (χ0v) is 19.3. The standard InChI is InChI=1S/C23H18Cl2N2O4S/c1-2-29-15-5-3-14(4-6-15)27-22(28)21(26-23(27)32)12-17-7-8-18(31-17)13-30-16-9-10-19(24)20(25)11-16/h3-12H,2,13H2,1H3,(H,26,32)/b21-12+. The van der Waals surface area contributed by atoms with Crippen molar-refractivity contribution in [2.24, 2.45) is 0 Å². The first-order chi connectivity index (χ1) is 15.4. The fourth-order valence-electron chi connectivity index (χ4n) is 3.04. The molecule has 6 nitrogen and oxygen atoms in total. The van der Waals surface area contributed by atoms with E-state index in [0.29, 0.717) is 50.4 Å². The van der Waals surface area contributed by atoms with E-state index in [2.05, 4.69) is 5.32 Å². The van der Waals surface area contributed by atoms with Crippen molar-refractivity contribution in [3.8, 4) is 11.5 Å². The Morgan fingerprint density at radius 2 is 1.78 bits per heavy atom. The summed E-state index contributed by atoms with van der Waals surface area (Å²) in [6.45, 7) is 2.67. The number of halogens is 2. The number of nitrogens with zero attached hydrogens (tertiary/aromatic N) is 1. The molecule has 0 unspecified atom stereocenters. The van der Waals surface area contributed by atoms with Crippen LogP contribution in [-0.2, 0) is 11.4 Å². The van der Waals surface area contributed by atoms with Crippen LogP contribution in [0.5, 0.6) is 11.5 Å². The Bertz CT molecular complexity index is 1190. The number of carbonyl (C=O) groups is 1. The zero-order valence-electron chi connectivity index (χ0n) is 16.9. The predicted molar refractivity (Wildman–Crippen MR) is 128 cm³/mol. The van der Waals surface area contributed by atoms with Gasteiger partial charge in [0.1, 0.15) is 35.3 Å². The lowest BCUT2D eigenvalue weighted by molar-refractivity contribution is -0.113. The number of hydrogen-bond donors (Lipinski definition) is 1. The van der Waals surface area contributed by atoms with Crippen LogP contribution in [-0.4, -0.2) is 17.6 Å². The normalized spacial score (nSPS) is 14.7. The molecule has 0 aliphatic carbocycles. The van der Waals surface area contributed by atoms with Crippen LogP contribution >= 0.6 is 35.4 Å². The van der Waals surface area contributed by atoms with E-state index in [1.54, 1.807) is 60.7 Å². The van der Waals surface area contributed by atoms with Gasteiger partial charge in [-0.3, -0.25) is 9.69 Å². The number of thiocarbonyl (C=S) groups is 1. The molecule has 2 aromatic carbocycles. The summed E-state index contributed by atoms with van der Waals surface area (Å²) in [7, 11) is 0. The highest BCUT2D eigenvalue weighted by atomic mass is 35.5. The molecule has 164 valence electrons. The Hall–Kier alpha value is -3.00. The summed E-state index contributed by atoms with van der Waals surface area (Å²) in [6.07, 6.45) is 1.60. The van der Waals surface area contributed by atoms with Crippen LogP contribution in [0.3, 0.4) is 0 Å². The Kier molecular flexibility index (Phi) is 6.69. The highest BCUT2D eigenvalue weighted by Gasteiger charge is 2.32. The van der Waals surface area contributed by atoms with Crippen LogP contribution in [0.25, 0.3) is 6.08 Å². The van der Waals surface area contributed by atoms with E-state index >= 15 is 0 Å². The van der Waals surface area contributed by atoms with Crippen LogP contribution in [0.4, 0.5) is 5.69 Å². The maximum Gasteiger partial charge on any atom is 0.281 e. The molecule has 2 heterocycles. The topological polar surface area (TPSA) is 63.9 Å². The van der Waals surface area contributed by atoms with E-state index in [4.69, 9.17) is 49.3 Å². The Labute approximate surface area is 200 Å². The smallest absolute Gasteiger partial charge is 0.281 e. The number of carbonyl (C=O) groups excluding carboxylic acids is 1. The molecule has 0 radical (unpaired) electrons. The molecule has 1 N–H and O–H groups in total. The minimum Gasteiger partial charge on any atom is -0.494 e. The number of rotatable bonds is 7. The molecule has 9 heteroatoms. The fourth-order valence-corrected chi connectivity index (χ4v) is 3.63. The number of nitrogens with one attached hydrogen (secondary N) is 1. The minimum atomic E-state index is -0.274. The van der Waals surface area contributed by atoms with Crippen molar-refractivity contribution >= 4 is 58.2 Å². The maximum atomic E-state index is 12.9. The predicted octanol–water partition coefficient (Wildman–Crippen LogP) is 5.83. The van der Waals surface area contributed by atoms with Gasteiger partial charge in [0.05, 0.1) is 22.3 Å². The van der Waals surface area contributed by atoms with Gasteiger partial charge in [-0.05, 0) is 67.7 Å². The molecule has 3 aromatic rings. The second-order valence-electron chi connectivity index (χ2n) is 6.72. The summed E-state index contributed by atoms with van der Waals surface area (Å²) >= 11 is 17.3. The second-order valence-corrected chi connectivity index (χ2v) is 7.93. The van der Waals surface area contributed by atoms with Gasteiger partial charge in [-0.25, -0.2) is 0 Å². The largest absolute Gasteiger partial charge is 0.494 e. The third kappa shape index (κ3) is 4.91. The van der Waals surface area contributed by atoms with Crippen LogP contribution < -0.4 is 19.7 Å². The minimum absolute atomic E-state index is 0.194. The van der Waals surface area contributed by atoms with E-state index in [1.807, 2.05) is 6.92 Å². The van der Waals surface area contributed by atoms with Gasteiger partial charge < -0.3 is 19.2 Å². The SMILES string of the molecule is CCOc1ccc(N2C(=O)/C(=C\c3ccc(COc4ccc(Cl)c(Cl)c4)o3)NC2=S)cc1. The van der Waals surface area contributed by atoms with Crippen molar-refractivity contribution in [3.05, 3.63) is 81.9 Å². The molecule has 1 fully saturated rings. The maximum absolute atomic E-state index is 12.9. The molecular formula is C23H18Cl2N2O4S. The van der Waals surface area contributed by atoms with Crippen molar-refractivity contribution in [2.45, 2.75) is 13.5 Å². The summed E-state index contributed by atoms with van der Waals surface area (Å²) in [6, 6.07) is 15.7. The Morgan fingerprint density at radius 3 is 2.50 bits per heavy atom. The van der Waals surface area contributed by atoms with Crippen LogP contribution in [0, 0.1) is 0 Å². The number of ether oxygens (including phenoxy) is 2. The first-order valence-electron chi connectivity index (χ1n) is 9.71. The van der Waals surface area contributed by atoms with Crippen molar-refractivity contribution in [1.29, 1.82) is 0 Å². The zero-order chi connectivity index (χ0) is 22.7. The molecule has 1 saturated heterocycles. The average Bonchev–Trinajstić information content (AvgIpc) is 3.34. The average molecular weight is 489 g/mol. The molecular weight excluding hydrogens is 471 g/mol. The van der Waals surface area contributed by atoms with Crippen LogP contribution in [0.15, 0.2) is 64.7 Å². The summed E-state index contributed by atoms with van der Waals surface area (Å²) < 4.78 is 16.9. The molecule has 0 saturated carbocycles. The third-order valence-corrected chi connectivity index (χ3v) is 5.55. The lowest BCUT2D eigenvalue weighted by Gasteiger charge is -2.14. The van der Waals surface area contributed by atoms with Gasteiger partial charge >= 0.3 is 0 Å². The monoisotopic (exact) mass is 488 g/mol. The molecule has 0 spiro atoms. The molecule has 1 aromatic heterocycles. The lowest BCUT2D eigenvalue weighted by Crippen LogP contribution is -2.30. The number of benzene rings is 2. The Balaban J connectivity index is 1.44. The molecule has 1 amide bonds. The van der Waals surface area contributed by atoms with Crippen molar-refractivity contribution in [1.82, 2.24) is 5.32 Å². The lowest BCUT2D eigenvalue weighted by atomic mass is 10.2. The van der Waals surface area contributed by atoms with Crippen LogP contribution in [0.1, 0.15) is 18.4 Å². The van der Waals surface area contributed by atoms with E-state index in [0.717, 1.165) is 5.75 Å².